The fourth-order valence-corrected chi connectivity index (χ4v) is 2.54. The van der Waals surface area contributed by atoms with Crippen molar-refractivity contribution in [1.82, 2.24) is 14.8 Å². The van der Waals surface area contributed by atoms with Crippen molar-refractivity contribution in [2.45, 2.75) is 32.4 Å². The maximum Gasteiger partial charge on any atom is 0.242 e. The van der Waals surface area contributed by atoms with Crippen molar-refractivity contribution in [3.63, 3.8) is 0 Å². The molecule has 0 bridgehead atoms. The normalized spacial score (nSPS) is 18.7. The summed E-state index contributed by atoms with van der Waals surface area (Å²) >= 11 is 0. The molecule has 7 nitrogen and oxygen atoms in total. The lowest BCUT2D eigenvalue weighted by Crippen LogP contribution is -2.19. The topological polar surface area (TPSA) is 78.3 Å². The van der Waals surface area contributed by atoms with E-state index in [2.05, 4.69) is 15.4 Å². The minimum absolute atomic E-state index is 0.0993. The molecule has 1 saturated heterocycles. The summed E-state index contributed by atoms with van der Waals surface area (Å²) in [5.74, 6) is 0.851. The van der Waals surface area contributed by atoms with Gasteiger partial charge in [-0.15, -0.1) is 5.10 Å². The van der Waals surface area contributed by atoms with Crippen LogP contribution < -0.4 is 10.1 Å². The van der Waals surface area contributed by atoms with Crippen molar-refractivity contribution in [3.05, 3.63) is 12.3 Å². The van der Waals surface area contributed by atoms with Crippen LogP contribution in [0.25, 0.3) is 10.9 Å². The fourth-order valence-electron chi connectivity index (χ4n) is 2.54. The van der Waals surface area contributed by atoms with Crippen molar-refractivity contribution in [2.24, 2.45) is 0 Å². The fraction of sp³-hybridized carbons (Fsp3) is 0.500. The first-order chi connectivity index (χ1) is 10.2. The van der Waals surface area contributed by atoms with Gasteiger partial charge in [-0.25, -0.2) is 9.67 Å². The second-order valence-electron chi connectivity index (χ2n) is 5.04. The number of pyridine rings is 1. The van der Waals surface area contributed by atoms with Crippen LogP contribution in [0.5, 0.6) is 5.88 Å². The minimum Gasteiger partial charge on any atom is -0.479 e. The Morgan fingerprint density at radius 1 is 1.52 bits per heavy atom. The number of anilines is 1. The van der Waals surface area contributed by atoms with Crippen molar-refractivity contribution in [2.75, 3.05) is 19.0 Å². The molecule has 1 atom stereocenters. The zero-order valence-electron chi connectivity index (χ0n) is 12.1. The molecular formula is C14H18N4O3. The number of hydrogen-bond donors (Lipinski definition) is 1. The molecule has 3 heterocycles. The summed E-state index contributed by atoms with van der Waals surface area (Å²) in [6.45, 7) is 2.19. The maximum absolute atomic E-state index is 11.2. The molecular weight excluding hydrogens is 272 g/mol. The van der Waals surface area contributed by atoms with Crippen LogP contribution >= 0.6 is 0 Å². The second kappa shape index (κ2) is 5.69. The number of nitrogens with one attached hydrogen (secondary N) is 1. The standard InChI is InChI=1S/C14H18N4O3/c1-9(19)16-12-7-11-10(8-15-12)14(20-2)17-18(11)13-5-3-4-6-21-13/h7-8,13H,3-6H2,1-2H3,(H,15,16,19). The van der Waals surface area contributed by atoms with Crippen LogP contribution in [0.4, 0.5) is 5.82 Å². The van der Waals surface area contributed by atoms with Gasteiger partial charge < -0.3 is 14.8 Å². The number of rotatable bonds is 3. The first-order valence-electron chi connectivity index (χ1n) is 7.00. The summed E-state index contributed by atoms with van der Waals surface area (Å²) in [5, 5.41) is 7.96. The molecule has 2 aromatic rings. The van der Waals surface area contributed by atoms with Gasteiger partial charge in [0.15, 0.2) is 6.23 Å². The van der Waals surface area contributed by atoms with Gasteiger partial charge in [-0.2, -0.15) is 0 Å². The Labute approximate surface area is 122 Å². The first kappa shape index (κ1) is 13.8. The monoisotopic (exact) mass is 290 g/mol. The Morgan fingerprint density at radius 2 is 2.38 bits per heavy atom. The molecule has 1 N–H and O–H groups in total. The highest BCUT2D eigenvalue weighted by Crippen LogP contribution is 2.31. The summed E-state index contributed by atoms with van der Waals surface area (Å²) < 4.78 is 12.9. The molecule has 112 valence electrons. The zero-order chi connectivity index (χ0) is 14.8. The molecule has 1 amide bonds. The molecule has 1 unspecified atom stereocenters. The zero-order valence-corrected chi connectivity index (χ0v) is 12.1. The molecule has 0 radical (unpaired) electrons. The third-order valence-electron chi connectivity index (χ3n) is 3.48. The molecule has 1 aliphatic heterocycles. The molecule has 0 aliphatic carbocycles. The van der Waals surface area contributed by atoms with Crippen LogP contribution in [0.15, 0.2) is 12.3 Å². The molecule has 0 saturated carbocycles. The summed E-state index contributed by atoms with van der Waals surface area (Å²) in [6, 6.07) is 1.80. The first-order valence-corrected chi connectivity index (χ1v) is 7.00. The maximum atomic E-state index is 11.2. The number of amides is 1. The average Bonchev–Trinajstić information content (AvgIpc) is 2.85. The lowest BCUT2D eigenvalue weighted by molar-refractivity contribution is -0.114. The van der Waals surface area contributed by atoms with Gasteiger partial charge in [-0.3, -0.25) is 4.79 Å². The number of aromatic nitrogens is 3. The second-order valence-corrected chi connectivity index (χ2v) is 5.04. The van der Waals surface area contributed by atoms with E-state index in [0.29, 0.717) is 11.7 Å². The molecule has 0 aromatic carbocycles. The highest BCUT2D eigenvalue weighted by Gasteiger charge is 2.22. The van der Waals surface area contributed by atoms with Crippen molar-refractivity contribution >= 4 is 22.6 Å². The van der Waals surface area contributed by atoms with E-state index >= 15 is 0 Å². The Morgan fingerprint density at radius 3 is 3.05 bits per heavy atom. The molecule has 0 spiro atoms. The number of fused-ring (bicyclic) bond motifs is 1. The van der Waals surface area contributed by atoms with E-state index in [1.54, 1.807) is 19.4 Å². The number of hydrogen-bond acceptors (Lipinski definition) is 5. The van der Waals surface area contributed by atoms with Crippen molar-refractivity contribution in [1.29, 1.82) is 0 Å². The van der Waals surface area contributed by atoms with Crippen molar-refractivity contribution in [3.8, 4) is 5.88 Å². The van der Waals surface area contributed by atoms with E-state index in [1.165, 1.54) is 6.92 Å². The molecule has 1 aliphatic rings. The predicted molar refractivity (Wildman–Crippen MR) is 77.2 cm³/mol. The summed E-state index contributed by atoms with van der Waals surface area (Å²) in [4.78, 5) is 15.4. The largest absolute Gasteiger partial charge is 0.479 e. The van der Waals surface area contributed by atoms with E-state index in [0.717, 1.165) is 36.8 Å². The number of methoxy groups -OCH3 is 1. The van der Waals surface area contributed by atoms with Gasteiger partial charge in [0.25, 0.3) is 0 Å². The third kappa shape index (κ3) is 2.69. The lowest BCUT2D eigenvalue weighted by Gasteiger charge is -2.23. The Balaban J connectivity index is 2.06. The van der Waals surface area contributed by atoms with E-state index in [4.69, 9.17) is 9.47 Å². The van der Waals surface area contributed by atoms with Gasteiger partial charge in [-0.1, -0.05) is 0 Å². The lowest BCUT2D eigenvalue weighted by atomic mass is 10.2. The number of nitrogens with zero attached hydrogens (tertiary/aromatic N) is 3. The van der Waals surface area contributed by atoms with Gasteiger partial charge in [0.05, 0.1) is 18.0 Å². The van der Waals surface area contributed by atoms with Crippen molar-refractivity contribution < 1.29 is 14.3 Å². The van der Waals surface area contributed by atoms with Crippen LogP contribution in [0.3, 0.4) is 0 Å². The average molecular weight is 290 g/mol. The Kier molecular flexibility index (Phi) is 3.74. The highest BCUT2D eigenvalue weighted by atomic mass is 16.5. The van der Waals surface area contributed by atoms with Gasteiger partial charge in [0, 0.05) is 25.8 Å². The molecule has 1 fully saturated rings. The summed E-state index contributed by atoms with van der Waals surface area (Å²) in [7, 11) is 1.58. The molecule has 7 heteroatoms. The number of ether oxygens (including phenoxy) is 2. The van der Waals surface area contributed by atoms with E-state index in [1.807, 2.05) is 4.68 Å². The van der Waals surface area contributed by atoms with Crippen LogP contribution in [0.1, 0.15) is 32.4 Å². The number of carbonyl (C=O) groups excluding carboxylic acids is 1. The smallest absolute Gasteiger partial charge is 0.242 e. The van der Waals surface area contributed by atoms with Gasteiger partial charge in [0.1, 0.15) is 5.82 Å². The van der Waals surface area contributed by atoms with E-state index in [9.17, 15) is 4.79 Å². The molecule has 3 rings (SSSR count). The van der Waals surface area contributed by atoms with Gasteiger partial charge in [-0.05, 0) is 19.3 Å². The van der Waals surface area contributed by atoms with Crippen LogP contribution in [-0.4, -0.2) is 34.4 Å². The van der Waals surface area contributed by atoms with Crippen LogP contribution in [-0.2, 0) is 9.53 Å². The molecule has 2 aromatic heterocycles. The summed E-state index contributed by atoms with van der Waals surface area (Å²) in [5.41, 5.74) is 0.845. The molecule has 21 heavy (non-hydrogen) atoms. The highest BCUT2D eigenvalue weighted by molar-refractivity contribution is 5.91. The van der Waals surface area contributed by atoms with Crippen LogP contribution in [0, 0.1) is 0 Å². The predicted octanol–water partition coefficient (Wildman–Crippen LogP) is 2.10. The van der Waals surface area contributed by atoms with Gasteiger partial charge >= 0.3 is 0 Å². The SMILES string of the molecule is COc1nn(C2CCCCO2)c2cc(NC(C)=O)ncc12. The van der Waals surface area contributed by atoms with E-state index < -0.39 is 0 Å². The van der Waals surface area contributed by atoms with Crippen LogP contribution in [0.2, 0.25) is 0 Å². The summed E-state index contributed by atoms with van der Waals surface area (Å²) in [6.07, 6.45) is 4.66. The number of carbonyl (C=O) groups is 1. The minimum atomic E-state index is -0.159. The Hall–Kier alpha value is -2.15. The Bertz CT molecular complexity index is 662. The quantitative estimate of drug-likeness (QED) is 0.936. The van der Waals surface area contributed by atoms with Gasteiger partial charge in [0.2, 0.25) is 11.8 Å². The van der Waals surface area contributed by atoms with E-state index in [-0.39, 0.29) is 12.1 Å². The third-order valence-corrected chi connectivity index (χ3v) is 3.48.